The number of hydrogen-bond acceptors (Lipinski definition) is 3. The lowest BCUT2D eigenvalue weighted by molar-refractivity contribution is 0.0492. The fourth-order valence-corrected chi connectivity index (χ4v) is 4.55. The Morgan fingerprint density at radius 3 is 2.66 bits per heavy atom. The minimum absolute atomic E-state index is 0.00285. The molecule has 3 aliphatic rings. The minimum atomic E-state index is -0.297. The average Bonchev–Trinajstić information content (AvgIpc) is 3.18. The largest absolute Gasteiger partial charge is 0.493 e. The summed E-state index contributed by atoms with van der Waals surface area (Å²) in [4.78, 5) is 14.8. The van der Waals surface area contributed by atoms with Crippen LogP contribution in [0.5, 0.6) is 11.5 Å². The van der Waals surface area contributed by atoms with Gasteiger partial charge in [-0.3, -0.25) is 0 Å². The first-order chi connectivity index (χ1) is 14.1. The van der Waals surface area contributed by atoms with Crippen LogP contribution in [-0.4, -0.2) is 42.3 Å². The second-order valence-electron chi connectivity index (χ2n) is 8.22. The van der Waals surface area contributed by atoms with Crippen LogP contribution < -0.4 is 14.8 Å². The van der Waals surface area contributed by atoms with Crippen LogP contribution in [0.25, 0.3) is 6.08 Å². The second-order valence-corrected chi connectivity index (χ2v) is 8.22. The summed E-state index contributed by atoms with van der Waals surface area (Å²) in [5.74, 6) is 2.05. The predicted octanol–water partition coefficient (Wildman–Crippen LogP) is 4.20. The number of rotatable bonds is 2. The van der Waals surface area contributed by atoms with Gasteiger partial charge in [0.25, 0.3) is 0 Å². The van der Waals surface area contributed by atoms with Gasteiger partial charge in [-0.05, 0) is 25.1 Å². The third-order valence-corrected chi connectivity index (χ3v) is 6.39. The van der Waals surface area contributed by atoms with Gasteiger partial charge in [0.05, 0.1) is 6.61 Å². The van der Waals surface area contributed by atoms with E-state index in [1.807, 2.05) is 41.3 Å². The number of nitrogens with zero attached hydrogens (tertiary/aromatic N) is 1. The first-order valence-corrected chi connectivity index (χ1v) is 10.4. The van der Waals surface area contributed by atoms with Gasteiger partial charge in [-0.25, -0.2) is 4.79 Å². The number of hydrogen-bond donors (Lipinski definition) is 1. The number of benzene rings is 2. The van der Waals surface area contributed by atoms with E-state index in [2.05, 4.69) is 36.5 Å². The smallest absolute Gasteiger partial charge is 0.317 e. The van der Waals surface area contributed by atoms with E-state index in [4.69, 9.17) is 9.47 Å². The molecule has 5 rings (SSSR count). The highest BCUT2D eigenvalue weighted by molar-refractivity contribution is 5.75. The topological polar surface area (TPSA) is 50.8 Å². The SMILES string of the molecule is CC(NC(=O)N1CCC2(C=Cc3ccccc3O2)CC1)C1COc2ccccc21. The Hall–Kier alpha value is -2.95. The predicted molar refractivity (Wildman–Crippen MR) is 112 cm³/mol. The first kappa shape index (κ1) is 18.1. The average molecular weight is 390 g/mol. The highest BCUT2D eigenvalue weighted by Gasteiger charge is 2.38. The molecule has 0 bridgehead atoms. The third-order valence-electron chi connectivity index (χ3n) is 6.39. The number of fused-ring (bicyclic) bond motifs is 2. The van der Waals surface area contributed by atoms with Gasteiger partial charge in [0, 0.05) is 49.0 Å². The summed E-state index contributed by atoms with van der Waals surface area (Å²) < 4.78 is 12.1. The van der Waals surface area contributed by atoms with E-state index in [0.717, 1.165) is 29.9 Å². The molecule has 2 amide bonds. The number of piperidine rings is 1. The fraction of sp³-hybridized carbons (Fsp3) is 0.375. The second kappa shape index (κ2) is 7.14. The lowest BCUT2D eigenvalue weighted by Crippen LogP contribution is -2.53. The number of nitrogens with one attached hydrogen (secondary N) is 1. The van der Waals surface area contributed by atoms with E-state index in [9.17, 15) is 4.79 Å². The van der Waals surface area contributed by atoms with E-state index in [-0.39, 0.29) is 23.6 Å². The number of carbonyl (C=O) groups is 1. The van der Waals surface area contributed by atoms with Crippen LogP contribution in [0, 0.1) is 0 Å². The molecule has 0 saturated carbocycles. The Morgan fingerprint density at radius 2 is 1.83 bits per heavy atom. The Bertz CT molecular complexity index is 947. The normalized spacial score (nSPS) is 22.2. The van der Waals surface area contributed by atoms with Crippen molar-refractivity contribution < 1.29 is 14.3 Å². The number of likely N-dealkylation sites (tertiary alicyclic amines) is 1. The Morgan fingerprint density at radius 1 is 1.10 bits per heavy atom. The highest BCUT2D eigenvalue weighted by atomic mass is 16.5. The number of ether oxygens (including phenoxy) is 2. The third kappa shape index (κ3) is 3.35. The van der Waals surface area contributed by atoms with Gasteiger partial charge in [0.15, 0.2) is 0 Å². The standard InChI is InChI=1S/C24H26N2O3/c1-17(20-16-28-22-9-5-3-7-19(20)22)25-23(27)26-14-12-24(13-15-26)11-10-18-6-2-4-8-21(18)29-24/h2-11,17,20H,12-16H2,1H3,(H,25,27). The summed E-state index contributed by atoms with van der Waals surface area (Å²) >= 11 is 0. The molecule has 3 aliphatic heterocycles. The van der Waals surface area contributed by atoms with Crippen molar-refractivity contribution in [3.8, 4) is 11.5 Å². The summed E-state index contributed by atoms with van der Waals surface area (Å²) in [6.07, 6.45) is 5.91. The van der Waals surface area contributed by atoms with E-state index >= 15 is 0 Å². The van der Waals surface area contributed by atoms with Crippen molar-refractivity contribution in [2.45, 2.75) is 37.3 Å². The van der Waals surface area contributed by atoms with Crippen molar-refractivity contribution in [2.75, 3.05) is 19.7 Å². The molecule has 3 heterocycles. The van der Waals surface area contributed by atoms with Gasteiger partial charge in [-0.15, -0.1) is 0 Å². The summed E-state index contributed by atoms with van der Waals surface area (Å²) in [6, 6.07) is 16.2. The highest BCUT2D eigenvalue weighted by Crippen LogP contribution is 2.38. The molecule has 2 aromatic carbocycles. The molecule has 29 heavy (non-hydrogen) atoms. The summed E-state index contributed by atoms with van der Waals surface area (Å²) in [5, 5.41) is 3.19. The molecule has 0 radical (unpaired) electrons. The maximum absolute atomic E-state index is 12.9. The van der Waals surface area contributed by atoms with E-state index < -0.39 is 0 Å². The van der Waals surface area contributed by atoms with Crippen LogP contribution in [0.2, 0.25) is 0 Å². The molecule has 1 saturated heterocycles. The molecule has 150 valence electrons. The number of para-hydroxylation sites is 2. The number of amides is 2. The Balaban J connectivity index is 1.19. The number of urea groups is 1. The zero-order chi connectivity index (χ0) is 19.8. The van der Waals surface area contributed by atoms with Crippen molar-refractivity contribution >= 4 is 12.1 Å². The Labute approximate surface area is 171 Å². The molecule has 2 aromatic rings. The van der Waals surface area contributed by atoms with E-state index in [1.165, 1.54) is 5.56 Å². The molecular weight excluding hydrogens is 364 g/mol. The number of carbonyl (C=O) groups excluding carboxylic acids is 1. The van der Waals surface area contributed by atoms with Gasteiger partial charge in [-0.2, -0.15) is 0 Å². The van der Waals surface area contributed by atoms with Crippen LogP contribution in [0.1, 0.15) is 36.8 Å². The van der Waals surface area contributed by atoms with Crippen molar-refractivity contribution in [1.29, 1.82) is 0 Å². The van der Waals surface area contributed by atoms with Gasteiger partial charge in [-0.1, -0.05) is 42.5 Å². The zero-order valence-electron chi connectivity index (χ0n) is 16.6. The zero-order valence-corrected chi connectivity index (χ0v) is 16.6. The van der Waals surface area contributed by atoms with Crippen molar-refractivity contribution in [3.63, 3.8) is 0 Å². The molecule has 5 nitrogen and oxygen atoms in total. The van der Waals surface area contributed by atoms with Gasteiger partial charge in [0.2, 0.25) is 0 Å². The van der Waals surface area contributed by atoms with Crippen LogP contribution >= 0.6 is 0 Å². The van der Waals surface area contributed by atoms with Crippen LogP contribution in [0.4, 0.5) is 4.79 Å². The molecule has 0 aromatic heterocycles. The fourth-order valence-electron chi connectivity index (χ4n) is 4.55. The maximum Gasteiger partial charge on any atom is 0.317 e. The first-order valence-electron chi connectivity index (χ1n) is 10.4. The quantitative estimate of drug-likeness (QED) is 0.836. The molecule has 5 heteroatoms. The lowest BCUT2D eigenvalue weighted by atomic mass is 9.88. The maximum atomic E-state index is 12.9. The van der Waals surface area contributed by atoms with Gasteiger partial charge in [0.1, 0.15) is 17.1 Å². The minimum Gasteiger partial charge on any atom is -0.493 e. The molecular formula is C24H26N2O3. The molecule has 1 N–H and O–H groups in total. The molecule has 2 atom stereocenters. The molecule has 1 fully saturated rings. The molecule has 0 aliphatic carbocycles. The van der Waals surface area contributed by atoms with Crippen molar-refractivity contribution in [3.05, 3.63) is 65.7 Å². The monoisotopic (exact) mass is 390 g/mol. The summed E-state index contributed by atoms with van der Waals surface area (Å²) in [6.45, 7) is 4.04. The van der Waals surface area contributed by atoms with Crippen molar-refractivity contribution in [1.82, 2.24) is 10.2 Å². The van der Waals surface area contributed by atoms with E-state index in [1.54, 1.807) is 0 Å². The van der Waals surface area contributed by atoms with Gasteiger partial charge >= 0.3 is 6.03 Å². The molecule has 2 unspecified atom stereocenters. The van der Waals surface area contributed by atoms with Crippen LogP contribution in [-0.2, 0) is 0 Å². The van der Waals surface area contributed by atoms with Crippen molar-refractivity contribution in [2.24, 2.45) is 0 Å². The summed E-state index contributed by atoms with van der Waals surface area (Å²) in [5.41, 5.74) is 2.00. The summed E-state index contributed by atoms with van der Waals surface area (Å²) in [7, 11) is 0. The molecule has 1 spiro atoms. The Kier molecular flexibility index (Phi) is 4.46. The van der Waals surface area contributed by atoms with Gasteiger partial charge < -0.3 is 19.7 Å². The lowest BCUT2D eigenvalue weighted by Gasteiger charge is -2.42. The van der Waals surface area contributed by atoms with E-state index in [0.29, 0.717) is 19.7 Å². The van der Waals surface area contributed by atoms with Crippen LogP contribution in [0.15, 0.2) is 54.6 Å². The van der Waals surface area contributed by atoms with Crippen LogP contribution in [0.3, 0.4) is 0 Å².